The van der Waals surface area contributed by atoms with Gasteiger partial charge in [-0.15, -0.1) is 0 Å². The number of likely N-dealkylation sites (N-methyl/N-ethyl adjacent to an activating group) is 1. The van der Waals surface area contributed by atoms with Crippen molar-refractivity contribution in [3.8, 4) is 0 Å². The molecule has 26 heavy (non-hydrogen) atoms. The molecule has 0 bridgehead atoms. The SMILES string of the molecule is COCCN(C)CCNCc1cccc(NC(=O)c2ccccc2Cl)c1. The Hall–Kier alpha value is -1.92. The van der Waals surface area contributed by atoms with Crippen LogP contribution < -0.4 is 10.6 Å². The normalized spacial score (nSPS) is 10.9. The summed E-state index contributed by atoms with van der Waals surface area (Å²) in [7, 11) is 3.79. The lowest BCUT2D eigenvalue weighted by Gasteiger charge is -2.16. The number of rotatable bonds is 10. The average Bonchev–Trinajstić information content (AvgIpc) is 2.64. The third kappa shape index (κ3) is 6.77. The topological polar surface area (TPSA) is 53.6 Å². The molecule has 0 saturated carbocycles. The molecule has 0 aliphatic rings. The van der Waals surface area contributed by atoms with Crippen LogP contribution in [0.1, 0.15) is 15.9 Å². The second-order valence-electron chi connectivity index (χ2n) is 6.11. The van der Waals surface area contributed by atoms with Gasteiger partial charge in [-0.1, -0.05) is 35.9 Å². The zero-order valence-corrected chi connectivity index (χ0v) is 16.1. The van der Waals surface area contributed by atoms with E-state index >= 15 is 0 Å². The largest absolute Gasteiger partial charge is 0.383 e. The number of methoxy groups -OCH3 is 1. The molecule has 2 aromatic carbocycles. The van der Waals surface area contributed by atoms with Crippen LogP contribution in [0.15, 0.2) is 48.5 Å². The lowest BCUT2D eigenvalue weighted by Crippen LogP contribution is -2.31. The molecular weight excluding hydrogens is 350 g/mol. The maximum absolute atomic E-state index is 12.3. The number of hydrogen-bond donors (Lipinski definition) is 2. The average molecular weight is 376 g/mol. The maximum Gasteiger partial charge on any atom is 0.257 e. The smallest absolute Gasteiger partial charge is 0.257 e. The van der Waals surface area contributed by atoms with Crippen molar-refractivity contribution < 1.29 is 9.53 Å². The first kappa shape index (κ1) is 20.4. The number of anilines is 1. The monoisotopic (exact) mass is 375 g/mol. The first-order valence-corrected chi connectivity index (χ1v) is 9.01. The fourth-order valence-corrected chi connectivity index (χ4v) is 2.69. The molecule has 0 spiro atoms. The molecule has 2 rings (SSSR count). The van der Waals surface area contributed by atoms with Gasteiger partial charge in [-0.25, -0.2) is 0 Å². The van der Waals surface area contributed by atoms with Crippen molar-refractivity contribution in [1.82, 2.24) is 10.2 Å². The van der Waals surface area contributed by atoms with E-state index in [2.05, 4.69) is 22.6 Å². The summed E-state index contributed by atoms with van der Waals surface area (Å²) in [5.41, 5.74) is 2.34. The van der Waals surface area contributed by atoms with Gasteiger partial charge in [0.25, 0.3) is 5.91 Å². The first-order valence-electron chi connectivity index (χ1n) is 8.63. The van der Waals surface area contributed by atoms with Crippen molar-refractivity contribution in [2.45, 2.75) is 6.54 Å². The fraction of sp³-hybridized carbons (Fsp3) is 0.350. The second kappa shape index (κ2) is 10.9. The van der Waals surface area contributed by atoms with Gasteiger partial charge in [0.1, 0.15) is 0 Å². The molecule has 0 aliphatic carbocycles. The van der Waals surface area contributed by atoms with E-state index in [0.717, 1.165) is 44.0 Å². The molecule has 6 heteroatoms. The van der Waals surface area contributed by atoms with E-state index in [9.17, 15) is 4.79 Å². The molecule has 0 radical (unpaired) electrons. The Labute approximate surface area is 160 Å². The predicted molar refractivity (Wildman–Crippen MR) is 107 cm³/mol. The van der Waals surface area contributed by atoms with E-state index in [0.29, 0.717) is 10.6 Å². The molecule has 2 N–H and O–H groups in total. The molecule has 0 heterocycles. The highest BCUT2D eigenvalue weighted by molar-refractivity contribution is 6.34. The van der Waals surface area contributed by atoms with Gasteiger partial charge in [-0.2, -0.15) is 0 Å². The summed E-state index contributed by atoms with van der Waals surface area (Å²) in [6, 6.07) is 14.8. The number of carbonyl (C=O) groups excluding carboxylic acids is 1. The molecule has 0 aromatic heterocycles. The number of benzene rings is 2. The second-order valence-corrected chi connectivity index (χ2v) is 6.51. The minimum atomic E-state index is -0.208. The molecule has 5 nitrogen and oxygen atoms in total. The standard InChI is InChI=1S/C20H26ClN3O2/c1-24(12-13-26-2)11-10-22-15-16-6-5-7-17(14-16)23-20(25)18-8-3-4-9-19(18)21/h3-9,14,22H,10-13,15H2,1-2H3,(H,23,25). The molecular formula is C20H26ClN3O2. The highest BCUT2D eigenvalue weighted by Crippen LogP contribution is 2.17. The summed E-state index contributed by atoms with van der Waals surface area (Å²) in [4.78, 5) is 14.6. The van der Waals surface area contributed by atoms with E-state index in [1.807, 2.05) is 24.3 Å². The number of amides is 1. The van der Waals surface area contributed by atoms with Crippen molar-refractivity contribution in [3.05, 3.63) is 64.7 Å². The van der Waals surface area contributed by atoms with Crippen molar-refractivity contribution in [2.75, 3.05) is 45.7 Å². The molecule has 1 amide bonds. The maximum atomic E-state index is 12.3. The Morgan fingerprint density at radius 1 is 1.15 bits per heavy atom. The predicted octanol–water partition coefficient (Wildman–Crippen LogP) is 3.26. The Bertz CT molecular complexity index is 709. The zero-order valence-electron chi connectivity index (χ0n) is 15.3. The zero-order chi connectivity index (χ0) is 18.8. The van der Waals surface area contributed by atoms with E-state index in [-0.39, 0.29) is 5.91 Å². The fourth-order valence-electron chi connectivity index (χ4n) is 2.46. The minimum absolute atomic E-state index is 0.208. The summed E-state index contributed by atoms with van der Waals surface area (Å²) in [5, 5.41) is 6.76. The van der Waals surface area contributed by atoms with E-state index in [1.165, 1.54) is 0 Å². The first-order chi connectivity index (χ1) is 12.6. The number of hydrogen-bond acceptors (Lipinski definition) is 4. The van der Waals surface area contributed by atoms with E-state index < -0.39 is 0 Å². The van der Waals surface area contributed by atoms with Crippen LogP contribution in [-0.4, -0.2) is 51.2 Å². The summed E-state index contributed by atoms with van der Waals surface area (Å²) in [6.07, 6.45) is 0. The molecule has 0 unspecified atom stereocenters. The van der Waals surface area contributed by atoms with Crippen LogP contribution >= 0.6 is 11.6 Å². The Morgan fingerprint density at radius 2 is 1.96 bits per heavy atom. The van der Waals surface area contributed by atoms with Crippen LogP contribution in [-0.2, 0) is 11.3 Å². The number of halogens is 1. The third-order valence-corrected chi connectivity index (χ3v) is 4.31. The summed E-state index contributed by atoms with van der Waals surface area (Å²) < 4.78 is 5.07. The lowest BCUT2D eigenvalue weighted by molar-refractivity contribution is 0.102. The van der Waals surface area contributed by atoms with Crippen LogP contribution in [0.3, 0.4) is 0 Å². The van der Waals surface area contributed by atoms with Gasteiger partial charge < -0.3 is 20.3 Å². The van der Waals surface area contributed by atoms with Gasteiger partial charge >= 0.3 is 0 Å². The Kier molecular flexibility index (Phi) is 8.58. The highest BCUT2D eigenvalue weighted by Gasteiger charge is 2.09. The van der Waals surface area contributed by atoms with Crippen LogP contribution in [0.4, 0.5) is 5.69 Å². The lowest BCUT2D eigenvalue weighted by atomic mass is 10.1. The van der Waals surface area contributed by atoms with Gasteiger partial charge in [0.2, 0.25) is 0 Å². The van der Waals surface area contributed by atoms with Crippen molar-refractivity contribution in [2.24, 2.45) is 0 Å². The van der Waals surface area contributed by atoms with Crippen molar-refractivity contribution in [1.29, 1.82) is 0 Å². The van der Waals surface area contributed by atoms with Gasteiger partial charge in [-0.05, 0) is 36.9 Å². The van der Waals surface area contributed by atoms with Crippen molar-refractivity contribution in [3.63, 3.8) is 0 Å². The van der Waals surface area contributed by atoms with Crippen LogP contribution in [0.25, 0.3) is 0 Å². The minimum Gasteiger partial charge on any atom is -0.383 e. The molecule has 140 valence electrons. The van der Waals surface area contributed by atoms with Crippen LogP contribution in [0.5, 0.6) is 0 Å². The van der Waals surface area contributed by atoms with Crippen molar-refractivity contribution >= 4 is 23.2 Å². The molecule has 0 fully saturated rings. The van der Waals surface area contributed by atoms with Crippen LogP contribution in [0.2, 0.25) is 5.02 Å². The Balaban J connectivity index is 1.82. The third-order valence-electron chi connectivity index (χ3n) is 3.98. The van der Waals surface area contributed by atoms with Crippen LogP contribution in [0, 0.1) is 0 Å². The molecule has 2 aromatic rings. The van der Waals surface area contributed by atoms with Gasteiger partial charge in [-0.3, -0.25) is 4.79 Å². The summed E-state index contributed by atoms with van der Waals surface area (Å²) >= 11 is 6.08. The van der Waals surface area contributed by atoms with Gasteiger partial charge in [0.15, 0.2) is 0 Å². The summed E-state index contributed by atoms with van der Waals surface area (Å²) in [6.45, 7) is 4.24. The number of ether oxygens (including phenoxy) is 1. The number of carbonyl (C=O) groups is 1. The number of nitrogens with zero attached hydrogens (tertiary/aromatic N) is 1. The van der Waals surface area contributed by atoms with E-state index in [4.69, 9.17) is 16.3 Å². The molecule has 0 aliphatic heterocycles. The number of nitrogens with one attached hydrogen (secondary N) is 2. The highest BCUT2D eigenvalue weighted by atomic mass is 35.5. The summed E-state index contributed by atoms with van der Waals surface area (Å²) in [5.74, 6) is -0.208. The quantitative estimate of drug-likeness (QED) is 0.626. The van der Waals surface area contributed by atoms with E-state index in [1.54, 1.807) is 31.4 Å². The Morgan fingerprint density at radius 3 is 2.73 bits per heavy atom. The molecule has 0 saturated heterocycles. The van der Waals surface area contributed by atoms with Gasteiger partial charge in [0, 0.05) is 39.0 Å². The molecule has 0 atom stereocenters. The van der Waals surface area contributed by atoms with Gasteiger partial charge in [0.05, 0.1) is 17.2 Å².